The van der Waals surface area contributed by atoms with Crippen LogP contribution in [0.1, 0.15) is 42.7 Å². The Hall–Kier alpha value is -0.900. The molecule has 3 rings (SSSR count). The van der Waals surface area contributed by atoms with Crippen LogP contribution in [-0.2, 0) is 16.1 Å². The van der Waals surface area contributed by atoms with E-state index in [4.69, 9.17) is 14.6 Å². The van der Waals surface area contributed by atoms with Crippen molar-refractivity contribution >= 4 is 0 Å². The molecule has 1 aromatic rings. The zero-order valence-corrected chi connectivity index (χ0v) is 10.6. The van der Waals surface area contributed by atoms with Crippen LogP contribution in [0.15, 0.2) is 24.3 Å². The van der Waals surface area contributed by atoms with Crippen LogP contribution in [0.2, 0.25) is 0 Å². The summed E-state index contributed by atoms with van der Waals surface area (Å²) in [6.45, 7) is 1.61. The summed E-state index contributed by atoms with van der Waals surface area (Å²) >= 11 is 0. The Kier molecular flexibility index (Phi) is 3.37. The predicted molar refractivity (Wildman–Crippen MR) is 68.2 cm³/mol. The normalized spacial score (nSPS) is 23.6. The Morgan fingerprint density at radius 1 is 1.06 bits per heavy atom. The summed E-state index contributed by atoms with van der Waals surface area (Å²) in [7, 11) is 0. The fourth-order valence-corrected chi connectivity index (χ4v) is 3.07. The van der Waals surface area contributed by atoms with E-state index in [0.717, 1.165) is 44.5 Å². The van der Waals surface area contributed by atoms with E-state index in [0.29, 0.717) is 5.92 Å². The van der Waals surface area contributed by atoms with Gasteiger partial charge in [-0.25, -0.2) is 0 Å². The minimum absolute atomic E-state index is 0.121. The Labute approximate surface area is 108 Å². The van der Waals surface area contributed by atoms with E-state index in [1.54, 1.807) is 0 Å². The second-order valence-corrected chi connectivity index (χ2v) is 5.28. The summed E-state index contributed by atoms with van der Waals surface area (Å²) in [5.74, 6) is 0.345. The lowest BCUT2D eigenvalue weighted by atomic mass is 9.81. The molecule has 0 radical (unpaired) electrons. The van der Waals surface area contributed by atoms with Gasteiger partial charge in [0.15, 0.2) is 5.79 Å². The lowest BCUT2D eigenvalue weighted by Gasteiger charge is -2.35. The van der Waals surface area contributed by atoms with Crippen molar-refractivity contribution in [3.8, 4) is 0 Å². The molecule has 3 nitrogen and oxygen atoms in total. The van der Waals surface area contributed by atoms with Gasteiger partial charge in [0.05, 0.1) is 19.8 Å². The van der Waals surface area contributed by atoms with Crippen molar-refractivity contribution in [3.63, 3.8) is 0 Å². The van der Waals surface area contributed by atoms with Crippen LogP contribution in [0, 0.1) is 0 Å². The Balaban J connectivity index is 1.64. The number of hydrogen-bond acceptors (Lipinski definition) is 3. The molecule has 0 atom stereocenters. The van der Waals surface area contributed by atoms with E-state index in [1.165, 1.54) is 5.56 Å². The second kappa shape index (κ2) is 5.00. The molecular formula is C15H20O3. The summed E-state index contributed by atoms with van der Waals surface area (Å²) in [5.41, 5.74) is 2.36. The quantitative estimate of drug-likeness (QED) is 0.874. The molecule has 18 heavy (non-hydrogen) atoms. The molecule has 1 spiro atoms. The van der Waals surface area contributed by atoms with Crippen LogP contribution in [0.4, 0.5) is 0 Å². The largest absolute Gasteiger partial charge is 0.392 e. The van der Waals surface area contributed by atoms with E-state index >= 15 is 0 Å². The molecule has 0 amide bonds. The minimum atomic E-state index is -0.262. The van der Waals surface area contributed by atoms with Gasteiger partial charge >= 0.3 is 0 Å². The molecule has 1 aliphatic heterocycles. The smallest absolute Gasteiger partial charge is 0.168 e. The van der Waals surface area contributed by atoms with E-state index in [9.17, 15) is 0 Å². The number of aliphatic hydroxyl groups excluding tert-OH is 1. The molecule has 1 N–H and O–H groups in total. The van der Waals surface area contributed by atoms with E-state index in [1.807, 2.05) is 12.1 Å². The monoisotopic (exact) mass is 248 g/mol. The molecule has 0 bridgehead atoms. The minimum Gasteiger partial charge on any atom is -0.392 e. The third-order valence-electron chi connectivity index (χ3n) is 4.19. The van der Waals surface area contributed by atoms with Crippen molar-refractivity contribution in [1.82, 2.24) is 0 Å². The van der Waals surface area contributed by atoms with Gasteiger partial charge in [-0.05, 0) is 29.9 Å². The highest BCUT2D eigenvalue weighted by molar-refractivity contribution is 5.25. The molecule has 98 valence electrons. The maximum Gasteiger partial charge on any atom is 0.168 e. The van der Waals surface area contributed by atoms with Gasteiger partial charge in [0.2, 0.25) is 0 Å². The number of aliphatic hydroxyl groups is 1. The van der Waals surface area contributed by atoms with Crippen LogP contribution >= 0.6 is 0 Å². The summed E-state index contributed by atoms with van der Waals surface area (Å²) in [5, 5.41) is 9.05. The maximum absolute atomic E-state index is 9.05. The third kappa shape index (κ3) is 2.30. The predicted octanol–water partition coefficient (Wildman–Crippen LogP) is 2.58. The van der Waals surface area contributed by atoms with Gasteiger partial charge in [0.25, 0.3) is 0 Å². The second-order valence-electron chi connectivity index (χ2n) is 5.28. The fraction of sp³-hybridized carbons (Fsp3) is 0.600. The Bertz CT molecular complexity index is 383. The van der Waals surface area contributed by atoms with Gasteiger partial charge in [0, 0.05) is 12.8 Å². The number of rotatable bonds is 2. The molecule has 0 unspecified atom stereocenters. The van der Waals surface area contributed by atoms with Crippen molar-refractivity contribution in [2.45, 2.75) is 44.0 Å². The molecular weight excluding hydrogens is 228 g/mol. The van der Waals surface area contributed by atoms with E-state index in [-0.39, 0.29) is 12.4 Å². The summed E-state index contributed by atoms with van der Waals surface area (Å²) in [6, 6.07) is 8.32. The molecule has 2 fully saturated rings. The van der Waals surface area contributed by atoms with Crippen molar-refractivity contribution in [1.29, 1.82) is 0 Å². The fourth-order valence-electron chi connectivity index (χ4n) is 3.07. The summed E-state index contributed by atoms with van der Waals surface area (Å²) < 4.78 is 11.5. The van der Waals surface area contributed by atoms with Crippen LogP contribution in [-0.4, -0.2) is 24.1 Å². The summed E-state index contributed by atoms with van der Waals surface area (Å²) in [6.07, 6.45) is 4.25. The first-order chi connectivity index (χ1) is 8.81. The first-order valence-electron chi connectivity index (χ1n) is 6.79. The van der Waals surface area contributed by atoms with Crippen LogP contribution in [0.3, 0.4) is 0 Å². The maximum atomic E-state index is 9.05. The van der Waals surface area contributed by atoms with E-state index in [2.05, 4.69) is 12.1 Å². The van der Waals surface area contributed by atoms with Gasteiger partial charge < -0.3 is 14.6 Å². The molecule has 1 saturated carbocycles. The number of ether oxygens (including phenoxy) is 2. The highest BCUT2D eigenvalue weighted by atomic mass is 16.7. The van der Waals surface area contributed by atoms with Crippen molar-refractivity contribution in [3.05, 3.63) is 35.4 Å². The molecule has 1 aromatic carbocycles. The number of hydrogen-bond donors (Lipinski definition) is 1. The van der Waals surface area contributed by atoms with Crippen LogP contribution in [0.5, 0.6) is 0 Å². The van der Waals surface area contributed by atoms with Gasteiger partial charge in [-0.15, -0.1) is 0 Å². The first kappa shape index (κ1) is 12.2. The molecule has 3 heteroatoms. The molecule has 1 heterocycles. The van der Waals surface area contributed by atoms with Crippen LogP contribution < -0.4 is 0 Å². The average molecular weight is 248 g/mol. The van der Waals surface area contributed by atoms with Gasteiger partial charge in [-0.1, -0.05) is 24.3 Å². The average Bonchev–Trinajstić information content (AvgIpc) is 2.88. The molecule has 1 saturated heterocycles. The van der Waals surface area contributed by atoms with Crippen molar-refractivity contribution in [2.75, 3.05) is 13.2 Å². The third-order valence-corrected chi connectivity index (χ3v) is 4.19. The molecule has 2 aliphatic rings. The first-order valence-corrected chi connectivity index (χ1v) is 6.79. The van der Waals surface area contributed by atoms with Gasteiger partial charge in [-0.3, -0.25) is 0 Å². The van der Waals surface area contributed by atoms with Crippen molar-refractivity contribution in [2.24, 2.45) is 0 Å². The van der Waals surface area contributed by atoms with E-state index < -0.39 is 0 Å². The zero-order chi connectivity index (χ0) is 12.4. The zero-order valence-electron chi connectivity index (χ0n) is 10.6. The highest BCUT2D eigenvalue weighted by Gasteiger charge is 2.40. The highest BCUT2D eigenvalue weighted by Crippen LogP contribution is 2.42. The van der Waals surface area contributed by atoms with Crippen molar-refractivity contribution < 1.29 is 14.6 Å². The Morgan fingerprint density at radius 2 is 1.67 bits per heavy atom. The van der Waals surface area contributed by atoms with Crippen LogP contribution in [0.25, 0.3) is 0 Å². The topological polar surface area (TPSA) is 38.7 Å². The lowest BCUT2D eigenvalue weighted by Crippen LogP contribution is -2.34. The lowest BCUT2D eigenvalue weighted by molar-refractivity contribution is -0.178. The SMILES string of the molecule is OCc1ccc(C2CCC3(CC2)OCCO3)cc1. The number of benzene rings is 1. The van der Waals surface area contributed by atoms with Gasteiger partial charge in [-0.2, -0.15) is 0 Å². The standard InChI is InChI=1S/C15H20O3/c16-11-12-1-3-13(4-2-12)14-5-7-15(8-6-14)17-9-10-18-15/h1-4,14,16H,5-11H2. The molecule has 0 aromatic heterocycles. The van der Waals surface area contributed by atoms with Gasteiger partial charge in [0.1, 0.15) is 0 Å². The Morgan fingerprint density at radius 3 is 2.22 bits per heavy atom. The summed E-state index contributed by atoms with van der Waals surface area (Å²) in [4.78, 5) is 0. The molecule has 1 aliphatic carbocycles.